The Kier molecular flexibility index (Phi) is 8.74. The predicted molar refractivity (Wildman–Crippen MR) is 286 cm³/mol. The van der Waals surface area contributed by atoms with Crippen molar-refractivity contribution in [2.75, 3.05) is 9.80 Å². The Morgan fingerprint density at radius 1 is 0.462 bits per heavy atom. The van der Waals surface area contributed by atoms with Crippen molar-refractivity contribution in [3.05, 3.63) is 149 Å². The maximum atomic E-state index is 2.68. The molecule has 0 bridgehead atoms. The summed E-state index contributed by atoms with van der Waals surface area (Å²) in [4.78, 5) is 5.34. The van der Waals surface area contributed by atoms with Gasteiger partial charge in [0.15, 0.2) is 0 Å². The maximum absolute atomic E-state index is 2.68. The summed E-state index contributed by atoms with van der Waals surface area (Å²) in [5.74, 6) is 0. The number of benzene rings is 6. The van der Waals surface area contributed by atoms with E-state index in [0.29, 0.717) is 0 Å². The fourth-order valence-electron chi connectivity index (χ4n) is 12.1. The van der Waals surface area contributed by atoms with Gasteiger partial charge in [-0.3, -0.25) is 0 Å². The van der Waals surface area contributed by atoms with Crippen molar-refractivity contribution in [2.24, 2.45) is 0 Å². The monoisotopic (exact) mass is 884 g/mol. The number of thiophene rings is 2. The zero-order valence-electron chi connectivity index (χ0n) is 40.2. The molecule has 12 rings (SSSR count). The van der Waals surface area contributed by atoms with Crippen LogP contribution in [0.5, 0.6) is 0 Å². The lowest BCUT2D eigenvalue weighted by molar-refractivity contribution is 0.332. The Bertz CT molecular complexity index is 3250. The molecule has 8 aromatic rings. The highest BCUT2D eigenvalue weighted by Crippen LogP contribution is 2.56. The molecule has 0 spiro atoms. The largest absolute Gasteiger partial charge is 0.310 e. The van der Waals surface area contributed by atoms with Crippen molar-refractivity contribution < 1.29 is 0 Å². The molecular weight excluding hydrogens is 824 g/mol. The molecule has 2 aromatic heterocycles. The molecule has 6 aromatic carbocycles. The van der Waals surface area contributed by atoms with E-state index >= 15 is 0 Å². The smallest absolute Gasteiger partial charge is 0.277 e. The summed E-state index contributed by atoms with van der Waals surface area (Å²) in [6, 6.07) is 47.5. The minimum absolute atomic E-state index is 0.0486. The van der Waals surface area contributed by atoms with E-state index in [2.05, 4.69) is 230 Å². The molecule has 4 heterocycles. The Morgan fingerprint density at radius 2 is 0.862 bits per heavy atom. The molecule has 2 nitrogen and oxygen atoms in total. The molecule has 5 heteroatoms. The molecule has 0 saturated heterocycles. The molecule has 65 heavy (non-hydrogen) atoms. The molecule has 0 radical (unpaired) electrons. The fourth-order valence-corrected chi connectivity index (χ4v) is 14.8. The predicted octanol–water partition coefficient (Wildman–Crippen LogP) is 15.9. The van der Waals surface area contributed by atoms with Crippen LogP contribution >= 0.6 is 22.7 Å². The number of rotatable bonds is 3. The Morgan fingerprint density at radius 3 is 1.29 bits per heavy atom. The summed E-state index contributed by atoms with van der Waals surface area (Å²) in [6.45, 7) is 26.8. The number of para-hydroxylation sites is 1. The number of hydrogen-bond donors (Lipinski definition) is 0. The van der Waals surface area contributed by atoms with Gasteiger partial charge in [0.25, 0.3) is 6.71 Å². The molecule has 0 N–H and O–H groups in total. The SMILES string of the molecule is CC(C)(C)c1ccc(N2c3cc(-c4ccccc4)cc4c3B(c3sc5cc6c(cc5c3N4c3ccccc3)C(C)(C)CCC6(C)C)c3sc4cc5c(cc4c32)C(C)(C)CCC5(C)C)cc1. The molecule has 0 saturated carbocycles. The fraction of sp³-hybridized carbons (Fsp3) is 0.333. The number of anilines is 6. The number of fused-ring (bicyclic) bond motifs is 10. The third kappa shape index (κ3) is 6.09. The van der Waals surface area contributed by atoms with Crippen molar-refractivity contribution in [2.45, 2.75) is 129 Å². The van der Waals surface area contributed by atoms with Crippen LogP contribution in [0.4, 0.5) is 34.1 Å². The van der Waals surface area contributed by atoms with Crippen LogP contribution in [-0.2, 0) is 27.1 Å². The van der Waals surface area contributed by atoms with E-state index in [1.54, 1.807) is 0 Å². The van der Waals surface area contributed by atoms with Gasteiger partial charge in [-0.2, -0.15) is 0 Å². The molecule has 0 fully saturated rings. The normalized spacial score (nSPS) is 18.5. The Balaban J connectivity index is 1.24. The summed E-state index contributed by atoms with van der Waals surface area (Å²) in [6.07, 6.45) is 4.79. The van der Waals surface area contributed by atoms with Gasteiger partial charge >= 0.3 is 0 Å². The molecule has 0 unspecified atom stereocenters. The first-order valence-electron chi connectivity index (χ1n) is 24.0. The summed E-state index contributed by atoms with van der Waals surface area (Å²) >= 11 is 4.12. The van der Waals surface area contributed by atoms with Crippen LogP contribution in [0.25, 0.3) is 31.3 Å². The lowest BCUT2D eigenvalue weighted by atomic mass is 9.39. The average Bonchev–Trinajstić information content (AvgIpc) is 3.84. The number of hydrogen-bond acceptors (Lipinski definition) is 4. The molecule has 2 aliphatic carbocycles. The van der Waals surface area contributed by atoms with Crippen molar-refractivity contribution in [3.8, 4) is 11.1 Å². The molecule has 0 atom stereocenters. The van der Waals surface area contributed by atoms with E-state index in [0.717, 1.165) is 0 Å². The van der Waals surface area contributed by atoms with E-state index < -0.39 is 0 Å². The van der Waals surface area contributed by atoms with E-state index in [4.69, 9.17) is 0 Å². The highest BCUT2D eigenvalue weighted by atomic mass is 32.1. The first kappa shape index (κ1) is 41.3. The van der Waals surface area contributed by atoms with E-state index in [1.807, 2.05) is 0 Å². The highest BCUT2D eigenvalue weighted by molar-refractivity contribution is 7.40. The minimum atomic E-state index is 0.0486. The zero-order valence-corrected chi connectivity index (χ0v) is 41.8. The summed E-state index contributed by atoms with van der Waals surface area (Å²) in [7, 11) is 0. The van der Waals surface area contributed by atoms with Crippen LogP contribution in [0.2, 0.25) is 0 Å². The topological polar surface area (TPSA) is 6.48 Å². The van der Waals surface area contributed by atoms with Crippen LogP contribution < -0.4 is 24.8 Å². The van der Waals surface area contributed by atoms with Gasteiger partial charge in [-0.15, -0.1) is 22.7 Å². The van der Waals surface area contributed by atoms with E-state index in [1.165, 1.54) is 134 Å². The van der Waals surface area contributed by atoms with Gasteiger partial charge in [-0.05, 0) is 158 Å². The average molecular weight is 885 g/mol. The molecule has 0 amide bonds. The van der Waals surface area contributed by atoms with Gasteiger partial charge in [-0.1, -0.05) is 137 Å². The second kappa shape index (κ2) is 13.7. The summed E-state index contributed by atoms with van der Waals surface area (Å²) in [5.41, 5.74) is 19.5. The van der Waals surface area contributed by atoms with Crippen LogP contribution in [0, 0.1) is 0 Å². The van der Waals surface area contributed by atoms with Crippen LogP contribution in [0.15, 0.2) is 121 Å². The van der Waals surface area contributed by atoms with E-state index in [-0.39, 0.29) is 33.8 Å². The molecule has 2 aliphatic heterocycles. The molecule has 326 valence electrons. The molecular formula is C60H61BN2S2. The minimum Gasteiger partial charge on any atom is -0.310 e. The lowest BCUT2D eigenvalue weighted by Crippen LogP contribution is -2.59. The second-order valence-electron chi connectivity index (χ2n) is 23.5. The quantitative estimate of drug-likeness (QED) is 0.163. The Hall–Kier alpha value is -5.10. The van der Waals surface area contributed by atoms with Crippen LogP contribution in [0.3, 0.4) is 0 Å². The van der Waals surface area contributed by atoms with Gasteiger partial charge in [-0.25, -0.2) is 0 Å². The zero-order chi connectivity index (χ0) is 45.2. The van der Waals surface area contributed by atoms with Gasteiger partial charge in [0.2, 0.25) is 0 Å². The lowest BCUT2D eigenvalue weighted by Gasteiger charge is -2.43. The van der Waals surface area contributed by atoms with Crippen LogP contribution in [0.1, 0.15) is 130 Å². The van der Waals surface area contributed by atoms with Gasteiger partial charge in [0, 0.05) is 52.5 Å². The third-order valence-electron chi connectivity index (χ3n) is 16.3. The van der Waals surface area contributed by atoms with Crippen LogP contribution in [-0.4, -0.2) is 6.71 Å². The van der Waals surface area contributed by atoms with Gasteiger partial charge in [0.1, 0.15) is 0 Å². The summed E-state index contributed by atoms with van der Waals surface area (Å²) < 4.78 is 5.73. The van der Waals surface area contributed by atoms with E-state index in [9.17, 15) is 0 Å². The van der Waals surface area contributed by atoms with Gasteiger partial charge in [0.05, 0.1) is 11.4 Å². The third-order valence-corrected chi connectivity index (χ3v) is 18.7. The number of nitrogens with zero attached hydrogens (tertiary/aromatic N) is 2. The van der Waals surface area contributed by atoms with Gasteiger partial charge < -0.3 is 9.80 Å². The standard InChI is InChI=1S/C60H61BN2S2/c1-56(2,3)38-22-24-40(25-23-38)63-48-31-37(36-18-14-12-15-19-36)30-47-51(48)61(55-53(63)42-33-44-46(35-50(42)65-55)60(10,11)29-27-58(44,6)7)54-52(62(47)39-20-16-13-17-21-39)41-32-43-45(34-49(41)64-54)59(8,9)28-26-57(43,4)5/h12-25,30-35H,26-29H2,1-11H3. The molecule has 4 aliphatic rings. The van der Waals surface area contributed by atoms with Crippen molar-refractivity contribution in [3.63, 3.8) is 0 Å². The first-order valence-corrected chi connectivity index (χ1v) is 25.7. The maximum Gasteiger partial charge on any atom is 0.277 e. The highest BCUT2D eigenvalue weighted by Gasteiger charge is 2.49. The summed E-state index contributed by atoms with van der Waals surface area (Å²) in [5, 5.41) is 2.77. The Labute approximate surface area is 395 Å². The van der Waals surface area contributed by atoms with Crippen molar-refractivity contribution in [1.82, 2.24) is 0 Å². The first-order chi connectivity index (χ1) is 30.8. The second-order valence-corrected chi connectivity index (χ2v) is 25.7. The van der Waals surface area contributed by atoms with Crippen molar-refractivity contribution >= 4 is 98.7 Å². The van der Waals surface area contributed by atoms with Crippen molar-refractivity contribution in [1.29, 1.82) is 0 Å².